The molecule has 1 N–H and O–H groups in total. The quantitative estimate of drug-likeness (QED) is 0.307. The second-order valence-corrected chi connectivity index (χ2v) is 11.4. The summed E-state index contributed by atoms with van der Waals surface area (Å²) in [6, 6.07) is 7.46. The van der Waals surface area contributed by atoms with E-state index in [1.807, 2.05) is 38.4 Å². The van der Waals surface area contributed by atoms with Crippen molar-refractivity contribution >= 4 is 44.2 Å². The molecule has 1 aliphatic rings. The Morgan fingerprint density at radius 2 is 2.06 bits per heavy atom. The zero-order chi connectivity index (χ0) is 23.8. The summed E-state index contributed by atoms with van der Waals surface area (Å²) in [5.41, 5.74) is 1.80. The fraction of sp³-hybridized carbons (Fsp3) is 0.440. The van der Waals surface area contributed by atoms with Crippen molar-refractivity contribution in [3.63, 3.8) is 0 Å². The van der Waals surface area contributed by atoms with Gasteiger partial charge >= 0.3 is 0 Å². The first-order chi connectivity index (χ1) is 16.4. The van der Waals surface area contributed by atoms with Crippen molar-refractivity contribution in [1.29, 1.82) is 0 Å². The summed E-state index contributed by atoms with van der Waals surface area (Å²) in [4.78, 5) is 43.0. The number of thiophene rings is 1. The van der Waals surface area contributed by atoms with Gasteiger partial charge in [0.2, 0.25) is 0 Å². The van der Waals surface area contributed by atoms with E-state index in [0.717, 1.165) is 42.4 Å². The van der Waals surface area contributed by atoms with Gasteiger partial charge in [0.05, 0.1) is 22.0 Å². The van der Waals surface area contributed by atoms with Crippen LogP contribution in [0.4, 0.5) is 0 Å². The maximum atomic E-state index is 13.2. The molecule has 3 aromatic heterocycles. The number of hydrogen-bond donors (Lipinski definition) is 1. The van der Waals surface area contributed by atoms with Crippen LogP contribution in [0.25, 0.3) is 21.1 Å². The number of fused-ring (bicyclic) bond motifs is 4. The van der Waals surface area contributed by atoms with Gasteiger partial charge in [-0.15, -0.1) is 11.3 Å². The molecule has 9 heteroatoms. The summed E-state index contributed by atoms with van der Waals surface area (Å²) < 4.78 is 1.76. The normalized spacial score (nSPS) is 15.9. The maximum Gasteiger partial charge on any atom is 0.262 e. The number of thioether (sulfide) groups is 1. The Hall–Kier alpha value is -2.49. The number of H-pyrrole nitrogens is 1. The summed E-state index contributed by atoms with van der Waals surface area (Å²) in [5, 5.41) is 2.05. The van der Waals surface area contributed by atoms with Crippen LogP contribution in [0.3, 0.4) is 0 Å². The average Bonchev–Trinajstić information content (AvgIpc) is 3.17. The molecule has 5 rings (SSSR count). The van der Waals surface area contributed by atoms with Crippen LogP contribution in [-0.4, -0.2) is 45.1 Å². The van der Waals surface area contributed by atoms with E-state index in [0.29, 0.717) is 40.1 Å². The number of aromatic nitrogens is 4. The van der Waals surface area contributed by atoms with Gasteiger partial charge in [-0.1, -0.05) is 30.8 Å². The Labute approximate surface area is 206 Å². The zero-order valence-corrected chi connectivity index (χ0v) is 21.4. The molecule has 3 heterocycles. The lowest BCUT2D eigenvalue weighted by molar-refractivity contribution is 0.379. The molecule has 0 bridgehead atoms. The molecule has 1 unspecified atom stereocenters. The van der Waals surface area contributed by atoms with Crippen molar-refractivity contribution in [1.82, 2.24) is 24.4 Å². The minimum Gasteiger partial charge on any atom is -0.309 e. The highest BCUT2D eigenvalue weighted by atomic mass is 32.2. The van der Waals surface area contributed by atoms with Crippen LogP contribution in [-0.2, 0) is 25.1 Å². The van der Waals surface area contributed by atoms with E-state index in [1.165, 1.54) is 22.2 Å². The highest BCUT2D eigenvalue weighted by molar-refractivity contribution is 7.98. The number of nitrogens with one attached hydrogen (secondary N) is 1. The van der Waals surface area contributed by atoms with E-state index in [2.05, 4.69) is 16.8 Å². The Balaban J connectivity index is 1.46. The van der Waals surface area contributed by atoms with E-state index in [4.69, 9.17) is 9.97 Å². The monoisotopic (exact) mass is 495 g/mol. The molecule has 4 aromatic rings. The minimum atomic E-state index is -0.0532. The van der Waals surface area contributed by atoms with Crippen molar-refractivity contribution in [2.75, 3.05) is 20.6 Å². The Kier molecular flexibility index (Phi) is 6.59. The molecule has 0 radical (unpaired) electrons. The third kappa shape index (κ3) is 4.56. The molecule has 0 fully saturated rings. The standard InChI is InChI=1S/C25H29N5O2S2/c1-15-9-10-17-19(13-15)34-23-21(17)22(31)27-20(28-23)14-33-25-26-18-8-5-4-7-16(18)24(32)30(25)12-6-11-29(2)3/h4-5,7-8,15H,6,9-14H2,1-3H3,(H,27,28,31). The molecule has 0 amide bonds. The molecular formula is C25H29N5O2S2. The smallest absolute Gasteiger partial charge is 0.262 e. The van der Waals surface area contributed by atoms with Gasteiger partial charge in [0.1, 0.15) is 10.7 Å². The van der Waals surface area contributed by atoms with Gasteiger partial charge in [0, 0.05) is 11.4 Å². The number of aryl methyl sites for hydroxylation is 1. The van der Waals surface area contributed by atoms with E-state index in [-0.39, 0.29) is 11.1 Å². The summed E-state index contributed by atoms with van der Waals surface area (Å²) in [6.45, 7) is 3.74. The Bertz CT molecular complexity index is 1470. The molecule has 0 saturated carbocycles. The first kappa shape index (κ1) is 23.3. The van der Waals surface area contributed by atoms with Crippen molar-refractivity contribution in [2.45, 2.75) is 50.1 Å². The van der Waals surface area contributed by atoms with E-state index in [9.17, 15) is 9.59 Å². The van der Waals surface area contributed by atoms with Crippen LogP contribution < -0.4 is 11.1 Å². The van der Waals surface area contributed by atoms with Gasteiger partial charge in [0.15, 0.2) is 5.16 Å². The summed E-state index contributed by atoms with van der Waals surface area (Å²) >= 11 is 3.11. The molecule has 1 aromatic carbocycles. The first-order valence-electron chi connectivity index (χ1n) is 11.7. The zero-order valence-electron chi connectivity index (χ0n) is 19.8. The molecule has 1 atom stereocenters. The second kappa shape index (κ2) is 9.64. The van der Waals surface area contributed by atoms with Crippen molar-refractivity contribution < 1.29 is 0 Å². The average molecular weight is 496 g/mol. The first-order valence-corrected chi connectivity index (χ1v) is 13.5. The molecule has 1 aliphatic carbocycles. The minimum absolute atomic E-state index is 0.0242. The van der Waals surface area contributed by atoms with Gasteiger partial charge in [-0.25, -0.2) is 9.97 Å². The SMILES string of the molecule is CC1CCc2c(sc3nc(CSc4nc5ccccc5c(=O)n4CCCN(C)C)[nH]c(=O)c23)C1. The maximum absolute atomic E-state index is 13.2. The molecule has 34 heavy (non-hydrogen) atoms. The molecule has 178 valence electrons. The van der Waals surface area contributed by atoms with Crippen LogP contribution in [0.5, 0.6) is 0 Å². The van der Waals surface area contributed by atoms with Gasteiger partial charge in [0.25, 0.3) is 11.1 Å². The lowest BCUT2D eigenvalue weighted by Crippen LogP contribution is -2.25. The Morgan fingerprint density at radius 3 is 2.88 bits per heavy atom. The lowest BCUT2D eigenvalue weighted by Gasteiger charge is -2.17. The molecular weight excluding hydrogens is 466 g/mol. The molecule has 0 spiro atoms. The number of hydrogen-bond acceptors (Lipinski definition) is 7. The third-order valence-corrected chi connectivity index (χ3v) is 8.50. The highest BCUT2D eigenvalue weighted by Crippen LogP contribution is 2.35. The van der Waals surface area contributed by atoms with E-state index >= 15 is 0 Å². The topological polar surface area (TPSA) is 83.9 Å². The molecule has 7 nitrogen and oxygen atoms in total. The molecule has 0 aliphatic heterocycles. The summed E-state index contributed by atoms with van der Waals surface area (Å²) in [5.74, 6) is 1.72. The van der Waals surface area contributed by atoms with Crippen LogP contribution in [0, 0.1) is 5.92 Å². The second-order valence-electron chi connectivity index (χ2n) is 9.36. The fourth-order valence-electron chi connectivity index (χ4n) is 4.59. The van der Waals surface area contributed by atoms with Crippen LogP contribution >= 0.6 is 23.1 Å². The van der Waals surface area contributed by atoms with Gasteiger partial charge in [-0.2, -0.15) is 0 Å². The number of aromatic amines is 1. The third-order valence-electron chi connectivity index (χ3n) is 6.37. The summed E-state index contributed by atoms with van der Waals surface area (Å²) in [7, 11) is 4.05. The lowest BCUT2D eigenvalue weighted by atomic mass is 9.89. The number of benzene rings is 1. The van der Waals surface area contributed by atoms with Crippen molar-refractivity contribution in [3.8, 4) is 0 Å². The largest absolute Gasteiger partial charge is 0.309 e. The predicted molar refractivity (Wildman–Crippen MR) is 140 cm³/mol. The van der Waals surface area contributed by atoms with E-state index < -0.39 is 0 Å². The van der Waals surface area contributed by atoms with Gasteiger partial charge in [-0.05, 0) is 69.9 Å². The van der Waals surface area contributed by atoms with Crippen LogP contribution in [0.2, 0.25) is 0 Å². The highest BCUT2D eigenvalue weighted by Gasteiger charge is 2.23. The Morgan fingerprint density at radius 1 is 1.24 bits per heavy atom. The van der Waals surface area contributed by atoms with Crippen molar-refractivity contribution in [2.24, 2.45) is 5.92 Å². The fourth-order valence-corrected chi connectivity index (χ4v) is 6.89. The number of para-hydroxylation sites is 1. The summed E-state index contributed by atoms with van der Waals surface area (Å²) in [6.07, 6.45) is 3.95. The van der Waals surface area contributed by atoms with Crippen LogP contribution in [0.15, 0.2) is 39.0 Å². The molecule has 0 saturated heterocycles. The van der Waals surface area contributed by atoms with Gasteiger partial charge in [-0.3, -0.25) is 14.2 Å². The number of nitrogens with zero attached hydrogens (tertiary/aromatic N) is 4. The van der Waals surface area contributed by atoms with Crippen molar-refractivity contribution in [3.05, 3.63) is 61.2 Å². The van der Waals surface area contributed by atoms with E-state index in [1.54, 1.807) is 15.9 Å². The van der Waals surface area contributed by atoms with Gasteiger partial charge < -0.3 is 9.88 Å². The predicted octanol–water partition coefficient (Wildman–Crippen LogP) is 4.06. The number of rotatable bonds is 7. The van der Waals surface area contributed by atoms with Crippen LogP contribution in [0.1, 0.15) is 36.0 Å².